The van der Waals surface area contributed by atoms with Crippen LogP contribution in [0, 0.1) is 16.0 Å². The van der Waals surface area contributed by atoms with Crippen molar-refractivity contribution in [3.8, 4) is 0 Å². The molecule has 1 aromatic carbocycles. The molecule has 0 atom stereocenters. The third-order valence-corrected chi connectivity index (χ3v) is 4.02. The third kappa shape index (κ3) is 3.71. The van der Waals surface area contributed by atoms with Gasteiger partial charge in [0.1, 0.15) is 5.56 Å². The molecule has 1 fully saturated rings. The van der Waals surface area contributed by atoms with Crippen molar-refractivity contribution in [3.05, 3.63) is 38.9 Å². The van der Waals surface area contributed by atoms with E-state index in [4.69, 9.17) is 11.6 Å². The largest absolute Gasteiger partial charge is 0.338 e. The summed E-state index contributed by atoms with van der Waals surface area (Å²) in [6.45, 7) is 2.19. The Balaban J connectivity index is 2.13. The molecular weight excluding hydrogens is 294 g/mol. The number of nitro groups is 1. The van der Waals surface area contributed by atoms with Crippen LogP contribution in [0.1, 0.15) is 23.2 Å². The lowest BCUT2D eigenvalue weighted by Gasteiger charge is -2.31. The minimum Gasteiger partial charge on any atom is -0.338 e. The second-order valence-electron chi connectivity index (χ2n) is 5.21. The number of rotatable bonds is 4. The molecule has 1 N–H and O–H groups in total. The molecule has 21 heavy (non-hydrogen) atoms. The lowest BCUT2D eigenvalue weighted by atomic mass is 9.96. The van der Waals surface area contributed by atoms with E-state index in [9.17, 15) is 14.9 Å². The molecule has 1 saturated heterocycles. The van der Waals surface area contributed by atoms with Crippen molar-refractivity contribution < 1.29 is 9.72 Å². The summed E-state index contributed by atoms with van der Waals surface area (Å²) in [5, 5.41) is 14.5. The first-order chi connectivity index (χ1) is 10.0. The molecule has 1 amide bonds. The van der Waals surface area contributed by atoms with Gasteiger partial charge in [0.25, 0.3) is 11.6 Å². The summed E-state index contributed by atoms with van der Waals surface area (Å²) in [4.78, 5) is 24.7. The average molecular weight is 312 g/mol. The second-order valence-corrected chi connectivity index (χ2v) is 5.65. The van der Waals surface area contributed by atoms with Gasteiger partial charge in [0.2, 0.25) is 0 Å². The van der Waals surface area contributed by atoms with Crippen molar-refractivity contribution in [2.75, 3.05) is 26.7 Å². The van der Waals surface area contributed by atoms with Crippen LogP contribution in [0.25, 0.3) is 0 Å². The number of halogens is 1. The van der Waals surface area contributed by atoms with Gasteiger partial charge in [-0.1, -0.05) is 11.6 Å². The van der Waals surface area contributed by atoms with Crippen molar-refractivity contribution in [2.24, 2.45) is 5.92 Å². The minimum absolute atomic E-state index is 0.108. The van der Waals surface area contributed by atoms with Crippen LogP contribution < -0.4 is 5.32 Å². The van der Waals surface area contributed by atoms with Crippen LogP contribution in [0.15, 0.2) is 18.2 Å². The molecule has 1 aliphatic heterocycles. The number of nitro benzene ring substituents is 1. The highest BCUT2D eigenvalue weighted by molar-refractivity contribution is 6.31. The summed E-state index contributed by atoms with van der Waals surface area (Å²) in [5.74, 6) is 0.264. The summed E-state index contributed by atoms with van der Waals surface area (Å²) in [7, 11) is 1.91. The summed E-state index contributed by atoms with van der Waals surface area (Å²) < 4.78 is 0. The van der Waals surface area contributed by atoms with Gasteiger partial charge in [0.15, 0.2) is 0 Å². The van der Waals surface area contributed by atoms with E-state index < -0.39 is 4.92 Å². The first kappa shape index (κ1) is 15.7. The zero-order valence-electron chi connectivity index (χ0n) is 11.8. The zero-order chi connectivity index (χ0) is 15.4. The van der Waals surface area contributed by atoms with Gasteiger partial charge in [0, 0.05) is 24.2 Å². The molecule has 2 rings (SSSR count). The van der Waals surface area contributed by atoms with E-state index in [0.29, 0.717) is 19.0 Å². The molecule has 0 radical (unpaired) electrons. The lowest BCUT2D eigenvalue weighted by Crippen LogP contribution is -2.40. The van der Waals surface area contributed by atoms with E-state index in [1.165, 1.54) is 18.2 Å². The molecule has 0 saturated carbocycles. The first-order valence-electron chi connectivity index (χ1n) is 6.90. The van der Waals surface area contributed by atoms with Gasteiger partial charge in [-0.25, -0.2) is 0 Å². The lowest BCUT2D eigenvalue weighted by molar-refractivity contribution is -0.385. The van der Waals surface area contributed by atoms with Gasteiger partial charge < -0.3 is 10.2 Å². The van der Waals surface area contributed by atoms with Crippen LogP contribution in [-0.4, -0.2) is 42.4 Å². The Hall–Kier alpha value is -1.66. The predicted molar refractivity (Wildman–Crippen MR) is 80.7 cm³/mol. The third-order valence-electron chi connectivity index (χ3n) is 3.78. The van der Waals surface area contributed by atoms with Crippen molar-refractivity contribution in [2.45, 2.75) is 12.8 Å². The van der Waals surface area contributed by atoms with E-state index in [1.807, 2.05) is 7.05 Å². The number of hydrogen-bond acceptors (Lipinski definition) is 4. The Bertz CT molecular complexity index is 542. The monoisotopic (exact) mass is 311 g/mol. The standard InChI is InChI=1S/C14H18ClN3O3/c1-16-9-10-4-6-17(7-5-10)14(19)12-3-2-11(15)8-13(12)18(20)21/h2-3,8,10,16H,4-7,9H2,1H3. The maximum Gasteiger partial charge on any atom is 0.283 e. The molecule has 0 unspecified atom stereocenters. The smallest absolute Gasteiger partial charge is 0.283 e. The molecule has 0 spiro atoms. The van der Waals surface area contributed by atoms with Crippen LogP contribution in [-0.2, 0) is 0 Å². The number of nitrogens with zero attached hydrogens (tertiary/aromatic N) is 2. The van der Waals surface area contributed by atoms with Crippen LogP contribution >= 0.6 is 11.6 Å². The van der Waals surface area contributed by atoms with Gasteiger partial charge in [-0.15, -0.1) is 0 Å². The van der Waals surface area contributed by atoms with Crippen LogP contribution in [0.3, 0.4) is 0 Å². The average Bonchev–Trinajstić information content (AvgIpc) is 2.47. The fraction of sp³-hybridized carbons (Fsp3) is 0.500. The van der Waals surface area contributed by atoms with Gasteiger partial charge in [-0.2, -0.15) is 0 Å². The van der Waals surface area contributed by atoms with Crippen LogP contribution in [0.5, 0.6) is 0 Å². The molecule has 1 heterocycles. The molecule has 7 heteroatoms. The van der Waals surface area contributed by atoms with Crippen molar-refractivity contribution in [3.63, 3.8) is 0 Å². The van der Waals surface area contributed by atoms with Gasteiger partial charge >= 0.3 is 0 Å². The van der Waals surface area contributed by atoms with Crippen LogP contribution in [0.4, 0.5) is 5.69 Å². The van der Waals surface area contributed by atoms with E-state index in [0.717, 1.165) is 19.4 Å². The number of hydrogen-bond donors (Lipinski definition) is 1. The van der Waals surface area contributed by atoms with Gasteiger partial charge in [0.05, 0.1) is 4.92 Å². The maximum atomic E-state index is 12.5. The van der Waals surface area contributed by atoms with Crippen molar-refractivity contribution in [1.29, 1.82) is 0 Å². The highest BCUT2D eigenvalue weighted by Gasteiger charge is 2.28. The summed E-state index contributed by atoms with van der Waals surface area (Å²) in [6.07, 6.45) is 1.82. The molecular formula is C14H18ClN3O3. The van der Waals surface area contributed by atoms with Crippen LogP contribution in [0.2, 0.25) is 5.02 Å². The summed E-state index contributed by atoms with van der Waals surface area (Å²) in [5.41, 5.74) is -0.124. The fourth-order valence-electron chi connectivity index (χ4n) is 2.64. The van der Waals surface area contributed by atoms with Gasteiger partial charge in [-0.05, 0) is 44.5 Å². The topological polar surface area (TPSA) is 75.5 Å². The second kappa shape index (κ2) is 6.87. The Morgan fingerprint density at radius 2 is 2.14 bits per heavy atom. The van der Waals surface area contributed by atoms with E-state index >= 15 is 0 Å². The SMILES string of the molecule is CNCC1CCN(C(=O)c2ccc(Cl)cc2[N+](=O)[O-])CC1. The number of benzene rings is 1. The fourth-order valence-corrected chi connectivity index (χ4v) is 2.80. The predicted octanol–water partition coefficient (Wildman–Crippen LogP) is 2.32. The van der Waals surface area contributed by atoms with Gasteiger partial charge in [-0.3, -0.25) is 14.9 Å². The molecule has 0 aliphatic carbocycles. The van der Waals surface area contributed by atoms with Crippen molar-refractivity contribution >= 4 is 23.2 Å². The number of amides is 1. The molecule has 1 aliphatic rings. The number of carbonyl (C=O) groups excluding carboxylic acids is 1. The molecule has 6 nitrogen and oxygen atoms in total. The molecule has 0 aromatic heterocycles. The van der Waals surface area contributed by atoms with E-state index in [1.54, 1.807) is 4.90 Å². The quantitative estimate of drug-likeness (QED) is 0.684. The Labute approximate surface area is 128 Å². The summed E-state index contributed by atoms with van der Waals surface area (Å²) >= 11 is 5.77. The Morgan fingerprint density at radius 3 is 2.71 bits per heavy atom. The number of nitrogens with one attached hydrogen (secondary N) is 1. The van der Waals surface area contributed by atoms with E-state index in [-0.39, 0.29) is 22.2 Å². The number of piperidine rings is 1. The summed E-state index contributed by atoms with van der Waals surface area (Å²) in [6, 6.07) is 4.17. The molecule has 1 aromatic rings. The van der Waals surface area contributed by atoms with Crippen molar-refractivity contribution in [1.82, 2.24) is 10.2 Å². The first-order valence-corrected chi connectivity index (χ1v) is 7.28. The zero-order valence-corrected chi connectivity index (χ0v) is 12.6. The molecule has 0 bridgehead atoms. The number of likely N-dealkylation sites (tertiary alicyclic amines) is 1. The minimum atomic E-state index is -0.563. The molecule has 114 valence electrons. The highest BCUT2D eigenvalue weighted by atomic mass is 35.5. The maximum absolute atomic E-state index is 12.5. The highest BCUT2D eigenvalue weighted by Crippen LogP contribution is 2.26. The Kier molecular flexibility index (Phi) is 5.14. The normalized spacial score (nSPS) is 16.0. The Morgan fingerprint density at radius 1 is 1.48 bits per heavy atom. The number of carbonyl (C=O) groups is 1. The van der Waals surface area contributed by atoms with E-state index in [2.05, 4.69) is 5.32 Å².